The van der Waals surface area contributed by atoms with Gasteiger partial charge in [0.05, 0.1) is 4.92 Å². The molecule has 184 valence electrons. The van der Waals surface area contributed by atoms with E-state index in [0.29, 0.717) is 12.8 Å². The third-order valence-electron chi connectivity index (χ3n) is 7.00. The van der Waals surface area contributed by atoms with E-state index in [1.165, 1.54) is 18.2 Å². The number of nitro groups is 1. The molecule has 1 amide bonds. The van der Waals surface area contributed by atoms with Gasteiger partial charge in [-0.2, -0.15) is 0 Å². The first-order chi connectivity index (χ1) is 17.3. The second-order valence-electron chi connectivity index (χ2n) is 9.08. The summed E-state index contributed by atoms with van der Waals surface area (Å²) in [5.74, 6) is -4.10. The van der Waals surface area contributed by atoms with E-state index in [9.17, 15) is 29.6 Å². The number of primary amides is 1. The fourth-order valence-electron chi connectivity index (χ4n) is 5.36. The number of carboxylic acids is 1. The second-order valence-corrected chi connectivity index (χ2v) is 9.08. The Morgan fingerprint density at radius 1 is 0.972 bits per heavy atom. The molecule has 0 fully saturated rings. The van der Waals surface area contributed by atoms with Crippen molar-refractivity contribution in [3.05, 3.63) is 111 Å². The molecule has 0 saturated carbocycles. The Hall–Kier alpha value is -4.33. The largest absolute Gasteiger partial charge is 0.475 e. The highest BCUT2D eigenvalue weighted by Gasteiger charge is 2.35. The van der Waals surface area contributed by atoms with E-state index in [0.717, 1.165) is 35.1 Å². The summed E-state index contributed by atoms with van der Waals surface area (Å²) in [6.45, 7) is 0. The first-order valence-corrected chi connectivity index (χ1v) is 11.8. The monoisotopic (exact) mass is 486 g/mol. The van der Waals surface area contributed by atoms with Gasteiger partial charge in [0.2, 0.25) is 5.91 Å². The zero-order chi connectivity index (χ0) is 25.8. The summed E-state index contributed by atoms with van der Waals surface area (Å²) in [7, 11) is 0. The van der Waals surface area contributed by atoms with Crippen LogP contribution in [0.3, 0.4) is 0 Å². The zero-order valence-electron chi connectivity index (χ0n) is 19.5. The van der Waals surface area contributed by atoms with Crippen molar-refractivity contribution in [3.8, 4) is 0 Å². The lowest BCUT2D eigenvalue weighted by Crippen LogP contribution is -2.32. The average Bonchev–Trinajstić information content (AvgIpc) is 2.88. The fraction of sp³-hybridized carbons (Fsp3) is 0.250. The molecule has 36 heavy (non-hydrogen) atoms. The van der Waals surface area contributed by atoms with Gasteiger partial charge >= 0.3 is 5.97 Å². The van der Waals surface area contributed by atoms with E-state index in [1.54, 1.807) is 18.2 Å². The van der Waals surface area contributed by atoms with Crippen molar-refractivity contribution in [1.29, 1.82) is 0 Å². The van der Waals surface area contributed by atoms with Crippen molar-refractivity contribution in [2.75, 3.05) is 0 Å². The van der Waals surface area contributed by atoms with E-state index in [2.05, 4.69) is 0 Å². The molecule has 0 radical (unpaired) electrons. The number of non-ortho nitro benzene ring substituents is 1. The van der Waals surface area contributed by atoms with Crippen molar-refractivity contribution in [2.45, 2.75) is 37.5 Å². The smallest absolute Gasteiger partial charge is 0.377 e. The Balaban J connectivity index is 1.75. The Morgan fingerprint density at radius 2 is 1.64 bits per heavy atom. The van der Waals surface area contributed by atoms with Gasteiger partial charge < -0.3 is 10.8 Å². The van der Waals surface area contributed by atoms with E-state index in [4.69, 9.17) is 5.73 Å². The third-order valence-corrected chi connectivity index (χ3v) is 7.00. The summed E-state index contributed by atoms with van der Waals surface area (Å²) in [6.07, 6.45) is 2.50. The van der Waals surface area contributed by atoms with Gasteiger partial charge in [0.25, 0.3) is 11.5 Å². The molecule has 4 rings (SSSR count). The lowest BCUT2D eigenvalue weighted by atomic mass is 9.71. The highest BCUT2D eigenvalue weighted by molar-refractivity contribution is 6.40. The Bertz CT molecular complexity index is 1300. The number of amides is 1. The molecule has 8 heteroatoms. The van der Waals surface area contributed by atoms with Gasteiger partial charge in [-0.05, 0) is 53.9 Å². The van der Waals surface area contributed by atoms with Crippen LogP contribution in [0.2, 0.25) is 0 Å². The van der Waals surface area contributed by atoms with Gasteiger partial charge in [0, 0.05) is 29.5 Å². The molecule has 3 N–H and O–H groups in total. The molecule has 3 atom stereocenters. The number of nitro benzene ring substituents is 1. The molecule has 0 spiro atoms. The molecule has 3 aromatic carbocycles. The number of ketones is 1. The number of carbonyl (C=O) groups excluding carboxylic acids is 2. The van der Waals surface area contributed by atoms with Crippen molar-refractivity contribution in [1.82, 2.24) is 0 Å². The number of benzene rings is 3. The van der Waals surface area contributed by atoms with E-state index >= 15 is 0 Å². The number of fused-ring (bicyclic) bond motifs is 1. The molecule has 8 nitrogen and oxygen atoms in total. The first kappa shape index (κ1) is 24.8. The number of carboxylic acid groups (broad SMARTS) is 1. The number of aliphatic carboxylic acids is 1. The summed E-state index contributed by atoms with van der Waals surface area (Å²) in [5.41, 5.74) is 9.30. The average molecular weight is 487 g/mol. The topological polar surface area (TPSA) is 141 Å². The summed E-state index contributed by atoms with van der Waals surface area (Å²) in [6, 6.07) is 20.7. The van der Waals surface area contributed by atoms with E-state index in [1.807, 2.05) is 36.4 Å². The van der Waals surface area contributed by atoms with Crippen molar-refractivity contribution in [3.63, 3.8) is 0 Å². The quantitative estimate of drug-likeness (QED) is 0.196. The maximum atomic E-state index is 12.9. The molecule has 0 saturated heterocycles. The molecule has 0 heterocycles. The fourth-order valence-corrected chi connectivity index (χ4v) is 5.36. The van der Waals surface area contributed by atoms with Crippen LogP contribution in [0.15, 0.2) is 72.8 Å². The van der Waals surface area contributed by atoms with Gasteiger partial charge in [0.1, 0.15) is 0 Å². The normalized spacial score (nSPS) is 16.4. The molecule has 1 aliphatic rings. The lowest BCUT2D eigenvalue weighted by molar-refractivity contribution is -0.384. The molecule has 0 aliphatic heterocycles. The minimum Gasteiger partial charge on any atom is -0.475 e. The number of nitrogens with zero attached hydrogens (tertiary/aromatic N) is 1. The molecule has 3 unspecified atom stereocenters. The number of rotatable bonds is 9. The standard InChI is InChI=1S/C28H26N2O6/c29-27(32)24(16-19-8-4-10-22-21(19)9-5-11-23(22)26(31)28(33)34)25(17-6-2-1-3-7-17)18-12-14-20(15-13-18)30(35)36/h1-3,5-7,9,11-15,19,24-25H,4,8,10,16H2,(H2,29,32)(H,33,34). The van der Waals surface area contributed by atoms with Crippen LogP contribution in [0.1, 0.15) is 63.7 Å². The predicted molar refractivity (Wildman–Crippen MR) is 133 cm³/mol. The molecule has 3 aromatic rings. The molecule has 0 bridgehead atoms. The van der Waals surface area contributed by atoms with Crippen LogP contribution in [0, 0.1) is 16.0 Å². The van der Waals surface area contributed by atoms with Crippen LogP contribution in [-0.4, -0.2) is 27.7 Å². The summed E-state index contributed by atoms with van der Waals surface area (Å²) < 4.78 is 0. The van der Waals surface area contributed by atoms with Gasteiger partial charge in [-0.15, -0.1) is 0 Å². The van der Waals surface area contributed by atoms with Gasteiger partial charge in [-0.25, -0.2) is 4.79 Å². The van der Waals surface area contributed by atoms with Crippen molar-refractivity contribution < 1.29 is 24.4 Å². The van der Waals surface area contributed by atoms with Gasteiger partial charge in [-0.1, -0.05) is 60.7 Å². The number of hydrogen-bond acceptors (Lipinski definition) is 5. The highest BCUT2D eigenvalue weighted by atomic mass is 16.6. The Labute approximate surface area is 207 Å². The van der Waals surface area contributed by atoms with E-state index in [-0.39, 0.29) is 17.2 Å². The van der Waals surface area contributed by atoms with Crippen molar-refractivity contribution in [2.24, 2.45) is 11.7 Å². The summed E-state index contributed by atoms with van der Waals surface area (Å²) >= 11 is 0. The van der Waals surface area contributed by atoms with Crippen LogP contribution in [0.25, 0.3) is 0 Å². The number of nitrogens with two attached hydrogens (primary N) is 1. The van der Waals surface area contributed by atoms with Crippen LogP contribution in [0.5, 0.6) is 0 Å². The minimum atomic E-state index is -1.50. The maximum Gasteiger partial charge on any atom is 0.377 e. The Kier molecular flexibility index (Phi) is 7.24. The first-order valence-electron chi connectivity index (χ1n) is 11.8. The van der Waals surface area contributed by atoms with Crippen LogP contribution >= 0.6 is 0 Å². The van der Waals surface area contributed by atoms with E-state index < -0.39 is 34.4 Å². The summed E-state index contributed by atoms with van der Waals surface area (Å²) in [5, 5.41) is 20.4. The summed E-state index contributed by atoms with van der Waals surface area (Å²) in [4.78, 5) is 47.2. The number of hydrogen-bond donors (Lipinski definition) is 2. The third kappa shape index (κ3) is 5.02. The highest BCUT2D eigenvalue weighted by Crippen LogP contribution is 2.43. The molecular formula is C28H26N2O6. The minimum absolute atomic E-state index is 0.0435. The van der Waals surface area contributed by atoms with Crippen LogP contribution in [0.4, 0.5) is 5.69 Å². The van der Waals surface area contributed by atoms with Crippen LogP contribution in [-0.2, 0) is 16.0 Å². The number of Topliss-reactive ketones (excluding diaryl/α,β-unsaturated/α-hetero) is 1. The Morgan fingerprint density at radius 3 is 2.25 bits per heavy atom. The zero-order valence-corrected chi connectivity index (χ0v) is 19.5. The molecular weight excluding hydrogens is 460 g/mol. The van der Waals surface area contributed by atoms with Crippen molar-refractivity contribution >= 4 is 23.3 Å². The number of carbonyl (C=O) groups is 3. The molecule has 0 aromatic heterocycles. The van der Waals surface area contributed by atoms with Gasteiger partial charge in [-0.3, -0.25) is 19.7 Å². The SMILES string of the molecule is NC(=O)C(CC1CCCc2c(C(=O)C(=O)O)cccc21)C(c1ccccc1)c1ccc([N+](=O)[O-])cc1. The maximum absolute atomic E-state index is 12.9. The van der Waals surface area contributed by atoms with Crippen LogP contribution < -0.4 is 5.73 Å². The molecule has 1 aliphatic carbocycles. The predicted octanol–water partition coefficient (Wildman–Crippen LogP) is 4.61. The second kappa shape index (κ2) is 10.5. The lowest BCUT2D eigenvalue weighted by Gasteiger charge is -2.32. The van der Waals surface area contributed by atoms with Gasteiger partial charge in [0.15, 0.2) is 0 Å².